The standard InChI is InChI=1S/C17H14Cl3NO4/c1-10(25-13-5-2-11(18)3-6-13)17(23)24-9-16(22)21-12-4-7-14(19)15(20)8-12/h2-8,10H,9H2,1H3,(H,21,22)/t10-/m0/s1. The van der Waals surface area contributed by atoms with E-state index in [-0.39, 0.29) is 0 Å². The zero-order valence-electron chi connectivity index (χ0n) is 13.1. The molecule has 0 fully saturated rings. The van der Waals surface area contributed by atoms with Crippen LogP contribution >= 0.6 is 34.8 Å². The van der Waals surface area contributed by atoms with Crippen molar-refractivity contribution in [2.45, 2.75) is 13.0 Å². The van der Waals surface area contributed by atoms with Crippen molar-refractivity contribution in [1.29, 1.82) is 0 Å². The predicted octanol–water partition coefficient (Wildman–Crippen LogP) is 4.60. The second kappa shape index (κ2) is 8.94. The third-order valence-electron chi connectivity index (χ3n) is 3.01. The molecule has 0 spiro atoms. The number of carbonyl (C=O) groups is 2. The number of hydrogen-bond donors (Lipinski definition) is 1. The summed E-state index contributed by atoms with van der Waals surface area (Å²) in [5.74, 6) is -0.709. The maximum Gasteiger partial charge on any atom is 0.347 e. The van der Waals surface area contributed by atoms with Crippen LogP contribution in [0.2, 0.25) is 15.1 Å². The number of esters is 1. The number of nitrogens with one attached hydrogen (secondary N) is 1. The van der Waals surface area contributed by atoms with Crippen LogP contribution < -0.4 is 10.1 Å². The number of anilines is 1. The first kappa shape index (κ1) is 19.4. The van der Waals surface area contributed by atoms with E-state index in [1.807, 2.05) is 0 Å². The molecule has 0 unspecified atom stereocenters. The maximum absolute atomic E-state index is 11.9. The average Bonchev–Trinajstić information content (AvgIpc) is 2.58. The van der Waals surface area contributed by atoms with Crippen molar-refractivity contribution >= 4 is 52.4 Å². The number of halogens is 3. The zero-order chi connectivity index (χ0) is 18.4. The number of amides is 1. The SMILES string of the molecule is C[C@H](Oc1ccc(Cl)cc1)C(=O)OCC(=O)Nc1ccc(Cl)c(Cl)c1. The number of benzene rings is 2. The summed E-state index contributed by atoms with van der Waals surface area (Å²) in [5.41, 5.74) is 0.445. The summed E-state index contributed by atoms with van der Waals surface area (Å²) in [6.07, 6.45) is -0.876. The van der Waals surface area contributed by atoms with Gasteiger partial charge >= 0.3 is 5.97 Å². The Morgan fingerprint density at radius 2 is 1.72 bits per heavy atom. The molecule has 8 heteroatoms. The van der Waals surface area contributed by atoms with Gasteiger partial charge in [0.15, 0.2) is 12.7 Å². The van der Waals surface area contributed by atoms with Crippen LogP contribution in [0.3, 0.4) is 0 Å². The molecular weight excluding hydrogens is 389 g/mol. The van der Waals surface area contributed by atoms with Crippen molar-refractivity contribution in [2.75, 3.05) is 11.9 Å². The quantitative estimate of drug-likeness (QED) is 0.717. The molecule has 132 valence electrons. The molecular formula is C17H14Cl3NO4. The third kappa shape index (κ3) is 6.12. The molecule has 0 saturated carbocycles. The molecule has 2 rings (SSSR count). The lowest BCUT2D eigenvalue weighted by Crippen LogP contribution is -2.29. The summed E-state index contributed by atoms with van der Waals surface area (Å²) in [6, 6.07) is 11.2. The first-order chi connectivity index (χ1) is 11.8. The zero-order valence-corrected chi connectivity index (χ0v) is 15.4. The molecule has 0 bridgehead atoms. The lowest BCUT2D eigenvalue weighted by molar-refractivity contribution is -0.153. The molecule has 25 heavy (non-hydrogen) atoms. The fourth-order valence-corrected chi connectivity index (χ4v) is 2.21. The van der Waals surface area contributed by atoms with Crippen LogP contribution in [0.1, 0.15) is 6.92 Å². The Kier molecular flexibility index (Phi) is 6.93. The largest absolute Gasteiger partial charge is 0.479 e. The smallest absolute Gasteiger partial charge is 0.347 e. The summed E-state index contributed by atoms with van der Waals surface area (Å²) in [4.78, 5) is 23.7. The summed E-state index contributed by atoms with van der Waals surface area (Å²) < 4.78 is 10.3. The monoisotopic (exact) mass is 401 g/mol. The summed E-state index contributed by atoms with van der Waals surface area (Å²) >= 11 is 17.4. The summed E-state index contributed by atoms with van der Waals surface area (Å²) in [7, 11) is 0. The van der Waals surface area contributed by atoms with Gasteiger partial charge in [-0.2, -0.15) is 0 Å². The first-order valence-corrected chi connectivity index (χ1v) is 8.32. The van der Waals surface area contributed by atoms with E-state index < -0.39 is 24.6 Å². The van der Waals surface area contributed by atoms with E-state index in [0.29, 0.717) is 26.5 Å². The molecule has 0 radical (unpaired) electrons. The van der Waals surface area contributed by atoms with Gasteiger partial charge in [-0.1, -0.05) is 34.8 Å². The molecule has 1 amide bonds. The highest BCUT2D eigenvalue weighted by molar-refractivity contribution is 6.42. The lowest BCUT2D eigenvalue weighted by Gasteiger charge is -2.14. The van der Waals surface area contributed by atoms with Crippen molar-refractivity contribution in [1.82, 2.24) is 0 Å². The topological polar surface area (TPSA) is 64.6 Å². The third-order valence-corrected chi connectivity index (χ3v) is 4.00. The van der Waals surface area contributed by atoms with Gasteiger partial charge in [0, 0.05) is 10.7 Å². The fraction of sp³-hybridized carbons (Fsp3) is 0.176. The van der Waals surface area contributed by atoms with Crippen molar-refractivity contribution < 1.29 is 19.1 Å². The van der Waals surface area contributed by atoms with E-state index in [9.17, 15) is 9.59 Å². The minimum absolute atomic E-state index is 0.307. The molecule has 0 heterocycles. The van der Waals surface area contributed by atoms with Gasteiger partial charge in [0.1, 0.15) is 5.75 Å². The van der Waals surface area contributed by atoms with Gasteiger partial charge in [-0.3, -0.25) is 4.79 Å². The molecule has 1 atom stereocenters. The van der Waals surface area contributed by atoms with Crippen LogP contribution in [0.4, 0.5) is 5.69 Å². The Hall–Kier alpha value is -1.95. The van der Waals surface area contributed by atoms with Crippen molar-refractivity contribution in [3.05, 3.63) is 57.5 Å². The molecule has 0 aliphatic heterocycles. The first-order valence-electron chi connectivity index (χ1n) is 7.19. The minimum atomic E-state index is -0.876. The Labute approximate surface area is 159 Å². The second-order valence-corrected chi connectivity index (χ2v) is 6.25. The van der Waals surface area contributed by atoms with Gasteiger partial charge in [0.2, 0.25) is 0 Å². The van der Waals surface area contributed by atoms with E-state index in [1.165, 1.54) is 13.0 Å². The molecule has 2 aromatic rings. The highest BCUT2D eigenvalue weighted by atomic mass is 35.5. The summed E-state index contributed by atoms with van der Waals surface area (Å²) in [5, 5.41) is 3.78. The highest BCUT2D eigenvalue weighted by Gasteiger charge is 2.18. The van der Waals surface area contributed by atoms with Crippen LogP contribution in [0.25, 0.3) is 0 Å². The van der Waals surface area contributed by atoms with Crippen LogP contribution in [0.5, 0.6) is 5.75 Å². The molecule has 0 saturated heterocycles. The number of carbonyl (C=O) groups excluding carboxylic acids is 2. The molecule has 0 aliphatic rings. The second-order valence-electron chi connectivity index (χ2n) is 5.00. The molecule has 0 aromatic heterocycles. The Morgan fingerprint density at radius 3 is 2.36 bits per heavy atom. The number of ether oxygens (including phenoxy) is 2. The van der Waals surface area contributed by atoms with Crippen molar-refractivity contribution in [3.8, 4) is 5.75 Å². The highest BCUT2D eigenvalue weighted by Crippen LogP contribution is 2.25. The van der Waals surface area contributed by atoms with Gasteiger partial charge in [-0.25, -0.2) is 4.79 Å². The van der Waals surface area contributed by atoms with Crippen LogP contribution in [-0.2, 0) is 14.3 Å². The molecule has 1 N–H and O–H groups in total. The van der Waals surface area contributed by atoms with Gasteiger partial charge in [-0.05, 0) is 49.4 Å². The number of hydrogen-bond acceptors (Lipinski definition) is 4. The summed E-state index contributed by atoms with van der Waals surface area (Å²) in [6.45, 7) is 1.07. The molecule has 5 nitrogen and oxygen atoms in total. The van der Waals surface area contributed by atoms with Gasteiger partial charge in [-0.15, -0.1) is 0 Å². The van der Waals surface area contributed by atoms with Crippen LogP contribution in [-0.4, -0.2) is 24.6 Å². The van der Waals surface area contributed by atoms with E-state index >= 15 is 0 Å². The van der Waals surface area contributed by atoms with Gasteiger partial charge < -0.3 is 14.8 Å². The fourth-order valence-electron chi connectivity index (χ4n) is 1.79. The van der Waals surface area contributed by atoms with E-state index in [2.05, 4.69) is 5.32 Å². The van der Waals surface area contributed by atoms with Crippen LogP contribution in [0, 0.1) is 0 Å². The Morgan fingerprint density at radius 1 is 1.04 bits per heavy atom. The van der Waals surface area contributed by atoms with E-state index in [4.69, 9.17) is 44.3 Å². The maximum atomic E-state index is 11.9. The Balaban J connectivity index is 1.80. The van der Waals surface area contributed by atoms with E-state index in [0.717, 1.165) is 0 Å². The normalized spacial score (nSPS) is 11.5. The minimum Gasteiger partial charge on any atom is -0.479 e. The van der Waals surface area contributed by atoms with Crippen molar-refractivity contribution in [2.24, 2.45) is 0 Å². The Bertz CT molecular complexity index is 765. The average molecular weight is 403 g/mol. The van der Waals surface area contributed by atoms with Crippen LogP contribution in [0.15, 0.2) is 42.5 Å². The van der Waals surface area contributed by atoms with Gasteiger partial charge in [0.25, 0.3) is 5.91 Å². The predicted molar refractivity (Wildman–Crippen MR) is 97.6 cm³/mol. The number of rotatable bonds is 6. The molecule has 0 aliphatic carbocycles. The van der Waals surface area contributed by atoms with Crippen molar-refractivity contribution in [3.63, 3.8) is 0 Å². The lowest BCUT2D eigenvalue weighted by atomic mass is 10.3. The van der Waals surface area contributed by atoms with Gasteiger partial charge in [0.05, 0.1) is 10.0 Å². The van der Waals surface area contributed by atoms with E-state index in [1.54, 1.807) is 36.4 Å². The molecule has 2 aromatic carbocycles.